The summed E-state index contributed by atoms with van der Waals surface area (Å²) in [7, 11) is 1.72. The van der Waals surface area contributed by atoms with Gasteiger partial charge in [0.05, 0.1) is 7.11 Å². The first-order chi connectivity index (χ1) is 15.2. The fourth-order valence-corrected chi connectivity index (χ4v) is 3.92. The summed E-state index contributed by atoms with van der Waals surface area (Å²) in [5.41, 5.74) is 7.48. The number of nitrogens with one attached hydrogen (secondary N) is 1. The Hall–Kier alpha value is -3.36. The normalized spacial score (nSPS) is 11.8. The molecule has 0 bridgehead atoms. The van der Waals surface area contributed by atoms with Gasteiger partial charge in [0.2, 0.25) is 0 Å². The molecule has 0 aromatic heterocycles. The summed E-state index contributed by atoms with van der Waals surface area (Å²) in [6.45, 7) is 3.16. The van der Waals surface area contributed by atoms with Gasteiger partial charge in [-0.3, -0.25) is 0 Å². The first-order valence-electron chi connectivity index (χ1n) is 10.9. The molecule has 1 unspecified atom stereocenters. The number of methoxy groups -OCH3 is 1. The number of rotatable bonds is 8. The maximum absolute atomic E-state index is 5.50. The van der Waals surface area contributed by atoms with Crippen LogP contribution < -0.4 is 10.1 Å². The van der Waals surface area contributed by atoms with Gasteiger partial charge in [0, 0.05) is 11.6 Å². The molecule has 0 saturated carbocycles. The third-order valence-corrected chi connectivity index (χ3v) is 5.73. The molecule has 0 fully saturated rings. The molecule has 0 aliphatic rings. The Kier molecular flexibility index (Phi) is 6.81. The van der Waals surface area contributed by atoms with Gasteiger partial charge in [-0.1, -0.05) is 97.1 Å². The van der Waals surface area contributed by atoms with Gasteiger partial charge in [0.25, 0.3) is 0 Å². The molecule has 1 N–H and O–H groups in total. The molecule has 0 spiro atoms. The van der Waals surface area contributed by atoms with E-state index in [0.29, 0.717) is 6.04 Å². The summed E-state index contributed by atoms with van der Waals surface area (Å²) >= 11 is 0. The summed E-state index contributed by atoms with van der Waals surface area (Å²) in [6, 6.07) is 36.6. The molecule has 2 nitrogen and oxygen atoms in total. The van der Waals surface area contributed by atoms with Crippen LogP contribution in [0.5, 0.6) is 5.75 Å². The van der Waals surface area contributed by atoms with Crippen molar-refractivity contribution >= 4 is 0 Å². The molecular formula is C29H29NO. The minimum absolute atomic E-state index is 0.295. The predicted molar refractivity (Wildman–Crippen MR) is 130 cm³/mol. The lowest BCUT2D eigenvalue weighted by atomic mass is 10.00. The van der Waals surface area contributed by atoms with Gasteiger partial charge in [-0.15, -0.1) is 0 Å². The lowest BCUT2D eigenvalue weighted by Crippen LogP contribution is -2.21. The highest BCUT2D eigenvalue weighted by Gasteiger charge is 2.08. The van der Waals surface area contributed by atoms with Crippen LogP contribution in [-0.2, 0) is 6.42 Å². The number of ether oxygens (including phenoxy) is 1. The van der Waals surface area contributed by atoms with Crippen LogP contribution in [0.25, 0.3) is 22.3 Å². The average Bonchev–Trinajstić information content (AvgIpc) is 2.85. The Balaban J connectivity index is 1.36. The van der Waals surface area contributed by atoms with Crippen LogP contribution in [0.3, 0.4) is 0 Å². The number of benzene rings is 4. The molecular weight excluding hydrogens is 378 g/mol. The largest absolute Gasteiger partial charge is 0.496 e. The third kappa shape index (κ3) is 5.22. The molecule has 0 saturated heterocycles. The van der Waals surface area contributed by atoms with Crippen molar-refractivity contribution in [3.8, 4) is 28.0 Å². The van der Waals surface area contributed by atoms with Crippen LogP contribution in [0.1, 0.15) is 24.1 Å². The summed E-state index contributed by atoms with van der Waals surface area (Å²) in [4.78, 5) is 0. The minimum Gasteiger partial charge on any atom is -0.496 e. The highest BCUT2D eigenvalue weighted by Crippen LogP contribution is 2.30. The number of para-hydroxylation sites is 1. The van der Waals surface area contributed by atoms with Gasteiger partial charge < -0.3 is 10.1 Å². The summed E-state index contributed by atoms with van der Waals surface area (Å²) in [5.74, 6) is 0.902. The van der Waals surface area contributed by atoms with Crippen LogP contribution in [0.15, 0.2) is 103 Å². The second-order valence-electron chi connectivity index (χ2n) is 7.81. The fourth-order valence-electron chi connectivity index (χ4n) is 3.92. The topological polar surface area (TPSA) is 21.3 Å². The molecule has 31 heavy (non-hydrogen) atoms. The van der Waals surface area contributed by atoms with Crippen molar-refractivity contribution in [1.29, 1.82) is 0 Å². The maximum Gasteiger partial charge on any atom is 0.126 e. The molecule has 2 heteroatoms. The quantitative estimate of drug-likeness (QED) is 0.342. The van der Waals surface area contributed by atoms with E-state index in [9.17, 15) is 0 Å². The summed E-state index contributed by atoms with van der Waals surface area (Å²) in [5, 5.41) is 3.66. The second kappa shape index (κ2) is 10.1. The van der Waals surface area contributed by atoms with Crippen molar-refractivity contribution in [3.63, 3.8) is 0 Å². The highest BCUT2D eigenvalue weighted by molar-refractivity contribution is 5.70. The maximum atomic E-state index is 5.50. The zero-order valence-electron chi connectivity index (χ0n) is 18.2. The van der Waals surface area contributed by atoms with Gasteiger partial charge in [-0.2, -0.15) is 0 Å². The van der Waals surface area contributed by atoms with Crippen molar-refractivity contribution < 1.29 is 4.74 Å². The van der Waals surface area contributed by atoms with Crippen molar-refractivity contribution in [2.75, 3.05) is 13.7 Å². The third-order valence-electron chi connectivity index (χ3n) is 5.73. The van der Waals surface area contributed by atoms with Crippen molar-refractivity contribution in [1.82, 2.24) is 5.32 Å². The second-order valence-corrected chi connectivity index (χ2v) is 7.81. The van der Waals surface area contributed by atoms with Crippen molar-refractivity contribution in [3.05, 3.63) is 114 Å². The SMILES string of the molecule is COc1ccccc1-c1ccc(C(C)NCCc2cccc(-c3ccccc3)c2)cc1. The average molecular weight is 408 g/mol. The van der Waals surface area contributed by atoms with Crippen LogP contribution in [0.4, 0.5) is 0 Å². The van der Waals surface area contributed by atoms with E-state index in [1.54, 1.807) is 7.11 Å². The highest BCUT2D eigenvalue weighted by atomic mass is 16.5. The summed E-state index contributed by atoms with van der Waals surface area (Å²) in [6.07, 6.45) is 1.00. The van der Waals surface area contributed by atoms with Crippen LogP contribution in [0.2, 0.25) is 0 Å². The van der Waals surface area contributed by atoms with E-state index in [2.05, 4.69) is 97.2 Å². The molecule has 1 atom stereocenters. The van der Waals surface area contributed by atoms with Gasteiger partial charge in [-0.05, 0) is 53.8 Å². The first kappa shape index (κ1) is 20.9. The molecule has 0 aliphatic heterocycles. The molecule has 156 valence electrons. The van der Waals surface area contributed by atoms with Crippen LogP contribution in [0, 0.1) is 0 Å². The molecule has 0 radical (unpaired) electrons. The molecule has 0 heterocycles. The molecule has 0 aliphatic carbocycles. The minimum atomic E-state index is 0.295. The van der Waals surface area contributed by atoms with Crippen LogP contribution >= 0.6 is 0 Å². The fraction of sp³-hybridized carbons (Fsp3) is 0.172. The zero-order valence-corrected chi connectivity index (χ0v) is 18.2. The first-order valence-corrected chi connectivity index (χ1v) is 10.9. The predicted octanol–water partition coefficient (Wildman–Crippen LogP) is 6.92. The Bertz CT molecular complexity index is 1100. The molecule has 4 rings (SSSR count). The monoisotopic (exact) mass is 407 g/mol. The lowest BCUT2D eigenvalue weighted by Gasteiger charge is -2.16. The van der Waals surface area contributed by atoms with Gasteiger partial charge >= 0.3 is 0 Å². The Morgan fingerprint density at radius 3 is 2.19 bits per heavy atom. The lowest BCUT2D eigenvalue weighted by molar-refractivity contribution is 0.416. The molecule has 4 aromatic carbocycles. The Morgan fingerprint density at radius 1 is 0.710 bits per heavy atom. The van der Waals surface area contributed by atoms with Crippen molar-refractivity contribution in [2.45, 2.75) is 19.4 Å². The smallest absolute Gasteiger partial charge is 0.126 e. The van der Waals surface area contributed by atoms with Gasteiger partial charge in [0.15, 0.2) is 0 Å². The Labute approximate surface area is 185 Å². The van der Waals surface area contributed by atoms with E-state index in [0.717, 1.165) is 24.3 Å². The van der Waals surface area contributed by atoms with E-state index in [-0.39, 0.29) is 0 Å². The van der Waals surface area contributed by atoms with E-state index < -0.39 is 0 Å². The molecule has 4 aromatic rings. The van der Waals surface area contributed by atoms with Gasteiger partial charge in [-0.25, -0.2) is 0 Å². The molecule has 0 amide bonds. The van der Waals surface area contributed by atoms with E-state index in [1.807, 2.05) is 18.2 Å². The number of hydrogen-bond acceptors (Lipinski definition) is 2. The van der Waals surface area contributed by atoms with E-state index >= 15 is 0 Å². The van der Waals surface area contributed by atoms with Crippen LogP contribution in [-0.4, -0.2) is 13.7 Å². The van der Waals surface area contributed by atoms with E-state index in [4.69, 9.17) is 4.74 Å². The standard InChI is InChI=1S/C29H29NO/c1-22(24-15-17-26(18-16-24)28-13-6-7-14-29(28)31-2)30-20-19-23-9-8-12-27(21-23)25-10-4-3-5-11-25/h3-18,21-22,30H,19-20H2,1-2H3. The van der Waals surface area contributed by atoms with Gasteiger partial charge in [0.1, 0.15) is 5.75 Å². The zero-order chi connectivity index (χ0) is 21.5. The Morgan fingerprint density at radius 2 is 1.42 bits per heavy atom. The van der Waals surface area contributed by atoms with E-state index in [1.165, 1.54) is 27.8 Å². The number of hydrogen-bond donors (Lipinski definition) is 1. The van der Waals surface area contributed by atoms with Crippen molar-refractivity contribution in [2.24, 2.45) is 0 Å². The summed E-state index contributed by atoms with van der Waals surface area (Å²) < 4.78 is 5.50.